The standard InChI is InChI=1S/C20H15FN2O/c21-15-10-11-17-18(12-15)23-20(22-17)16-8-4-5-9-19(16)24-13-14-6-2-1-3-7-14/h1-12H,13H2,(H,22,23). The van der Waals surface area contributed by atoms with Crippen molar-refractivity contribution in [1.29, 1.82) is 0 Å². The molecule has 1 N–H and O–H groups in total. The van der Waals surface area contributed by atoms with Crippen LogP contribution in [0.2, 0.25) is 0 Å². The topological polar surface area (TPSA) is 37.9 Å². The fourth-order valence-electron chi connectivity index (χ4n) is 2.63. The van der Waals surface area contributed by atoms with Crippen LogP contribution >= 0.6 is 0 Å². The van der Waals surface area contributed by atoms with E-state index in [1.54, 1.807) is 6.07 Å². The van der Waals surface area contributed by atoms with Crippen LogP contribution < -0.4 is 4.74 Å². The SMILES string of the molecule is Fc1ccc2nc(-c3ccccc3OCc3ccccc3)[nH]c2c1. The third-order valence-electron chi connectivity index (χ3n) is 3.82. The molecular formula is C20H15FN2O. The zero-order valence-corrected chi connectivity index (χ0v) is 12.9. The minimum atomic E-state index is -0.286. The van der Waals surface area contributed by atoms with Crippen LogP contribution in [0, 0.1) is 5.82 Å². The molecule has 0 aliphatic heterocycles. The van der Waals surface area contributed by atoms with E-state index in [9.17, 15) is 4.39 Å². The molecule has 0 saturated carbocycles. The first kappa shape index (κ1) is 14.5. The van der Waals surface area contributed by atoms with Gasteiger partial charge in [0.2, 0.25) is 0 Å². The second-order valence-electron chi connectivity index (χ2n) is 5.52. The number of benzene rings is 3. The molecule has 0 atom stereocenters. The van der Waals surface area contributed by atoms with Crippen LogP contribution in [0.3, 0.4) is 0 Å². The maximum Gasteiger partial charge on any atom is 0.142 e. The molecule has 0 unspecified atom stereocenters. The Morgan fingerprint density at radius 2 is 1.71 bits per heavy atom. The van der Waals surface area contributed by atoms with E-state index in [-0.39, 0.29) is 5.82 Å². The molecule has 24 heavy (non-hydrogen) atoms. The number of aromatic amines is 1. The summed E-state index contributed by atoms with van der Waals surface area (Å²) in [5.41, 5.74) is 3.34. The number of rotatable bonds is 4. The van der Waals surface area contributed by atoms with Gasteiger partial charge >= 0.3 is 0 Å². The molecule has 1 aromatic heterocycles. The van der Waals surface area contributed by atoms with E-state index in [2.05, 4.69) is 9.97 Å². The van der Waals surface area contributed by atoms with Crippen molar-refractivity contribution in [2.24, 2.45) is 0 Å². The highest BCUT2D eigenvalue weighted by molar-refractivity contribution is 5.80. The molecule has 0 fully saturated rings. The number of hydrogen-bond donors (Lipinski definition) is 1. The van der Waals surface area contributed by atoms with E-state index in [0.717, 1.165) is 22.4 Å². The second-order valence-corrected chi connectivity index (χ2v) is 5.52. The lowest BCUT2D eigenvalue weighted by Crippen LogP contribution is -1.97. The number of para-hydroxylation sites is 1. The van der Waals surface area contributed by atoms with Crippen LogP contribution in [0.1, 0.15) is 5.56 Å². The third-order valence-corrected chi connectivity index (χ3v) is 3.82. The van der Waals surface area contributed by atoms with Crippen molar-refractivity contribution in [2.45, 2.75) is 6.61 Å². The van der Waals surface area contributed by atoms with Gasteiger partial charge in [0, 0.05) is 0 Å². The highest BCUT2D eigenvalue weighted by Gasteiger charge is 2.11. The molecule has 0 aliphatic rings. The van der Waals surface area contributed by atoms with Crippen molar-refractivity contribution in [3.63, 3.8) is 0 Å². The van der Waals surface area contributed by atoms with Crippen LogP contribution in [0.15, 0.2) is 72.8 Å². The van der Waals surface area contributed by atoms with Crippen molar-refractivity contribution in [3.8, 4) is 17.1 Å². The molecule has 3 aromatic carbocycles. The van der Waals surface area contributed by atoms with Crippen LogP contribution in [0.25, 0.3) is 22.4 Å². The first-order valence-corrected chi connectivity index (χ1v) is 7.71. The minimum Gasteiger partial charge on any atom is -0.488 e. The zero-order chi connectivity index (χ0) is 16.4. The van der Waals surface area contributed by atoms with E-state index in [4.69, 9.17) is 4.74 Å². The maximum atomic E-state index is 13.4. The van der Waals surface area contributed by atoms with Crippen molar-refractivity contribution < 1.29 is 9.13 Å². The minimum absolute atomic E-state index is 0.286. The molecule has 0 saturated heterocycles. The van der Waals surface area contributed by atoms with E-state index < -0.39 is 0 Å². The number of nitrogens with zero attached hydrogens (tertiary/aromatic N) is 1. The van der Waals surface area contributed by atoms with Crippen LogP contribution in [0.5, 0.6) is 5.75 Å². The van der Waals surface area contributed by atoms with E-state index in [1.807, 2.05) is 54.6 Å². The molecule has 4 heteroatoms. The largest absolute Gasteiger partial charge is 0.488 e. The number of halogens is 1. The Balaban J connectivity index is 1.67. The first-order valence-electron chi connectivity index (χ1n) is 7.71. The molecular weight excluding hydrogens is 303 g/mol. The second kappa shape index (κ2) is 6.16. The summed E-state index contributed by atoms with van der Waals surface area (Å²) in [7, 11) is 0. The Bertz CT molecular complexity index is 979. The summed E-state index contributed by atoms with van der Waals surface area (Å²) in [5.74, 6) is 1.12. The number of ether oxygens (including phenoxy) is 1. The van der Waals surface area contributed by atoms with Gasteiger partial charge in [-0.25, -0.2) is 9.37 Å². The smallest absolute Gasteiger partial charge is 0.142 e. The lowest BCUT2D eigenvalue weighted by molar-refractivity contribution is 0.307. The molecule has 4 aromatic rings. The summed E-state index contributed by atoms with van der Waals surface area (Å²) in [5, 5.41) is 0. The van der Waals surface area contributed by atoms with Crippen LogP contribution in [-0.2, 0) is 6.61 Å². The van der Waals surface area contributed by atoms with Crippen molar-refractivity contribution in [3.05, 3.63) is 84.2 Å². The molecule has 1 heterocycles. The summed E-state index contributed by atoms with van der Waals surface area (Å²) in [6.07, 6.45) is 0. The molecule has 0 aliphatic carbocycles. The number of fused-ring (bicyclic) bond motifs is 1. The van der Waals surface area contributed by atoms with E-state index in [0.29, 0.717) is 17.9 Å². The lowest BCUT2D eigenvalue weighted by atomic mass is 10.2. The summed E-state index contributed by atoms with van der Waals surface area (Å²) in [6.45, 7) is 0.479. The van der Waals surface area contributed by atoms with E-state index in [1.165, 1.54) is 12.1 Å². The van der Waals surface area contributed by atoms with Gasteiger partial charge in [0.15, 0.2) is 0 Å². The Morgan fingerprint density at radius 3 is 2.58 bits per heavy atom. The zero-order valence-electron chi connectivity index (χ0n) is 12.9. The summed E-state index contributed by atoms with van der Waals surface area (Å²) in [6, 6.07) is 22.2. The average Bonchev–Trinajstić information content (AvgIpc) is 3.04. The molecule has 0 radical (unpaired) electrons. The van der Waals surface area contributed by atoms with Crippen LogP contribution in [-0.4, -0.2) is 9.97 Å². The first-order chi connectivity index (χ1) is 11.8. The fourth-order valence-corrected chi connectivity index (χ4v) is 2.63. The van der Waals surface area contributed by atoms with Gasteiger partial charge in [0.1, 0.15) is 24.0 Å². The molecule has 4 rings (SSSR count). The van der Waals surface area contributed by atoms with Gasteiger partial charge in [-0.3, -0.25) is 0 Å². The average molecular weight is 318 g/mol. The fraction of sp³-hybridized carbons (Fsp3) is 0.0500. The number of nitrogens with one attached hydrogen (secondary N) is 1. The number of hydrogen-bond acceptors (Lipinski definition) is 2. The predicted molar refractivity (Wildman–Crippen MR) is 92.3 cm³/mol. The Morgan fingerprint density at radius 1 is 0.917 bits per heavy atom. The van der Waals surface area contributed by atoms with Crippen molar-refractivity contribution >= 4 is 11.0 Å². The Labute approximate surface area is 138 Å². The normalized spacial score (nSPS) is 10.9. The van der Waals surface area contributed by atoms with Crippen LogP contribution in [0.4, 0.5) is 4.39 Å². The van der Waals surface area contributed by atoms with Gasteiger partial charge < -0.3 is 9.72 Å². The number of H-pyrrole nitrogens is 1. The van der Waals surface area contributed by atoms with Gasteiger partial charge in [0.25, 0.3) is 0 Å². The quantitative estimate of drug-likeness (QED) is 0.578. The summed E-state index contributed by atoms with van der Waals surface area (Å²) >= 11 is 0. The maximum absolute atomic E-state index is 13.4. The van der Waals surface area contributed by atoms with Gasteiger partial charge in [-0.2, -0.15) is 0 Å². The molecule has 0 spiro atoms. The highest BCUT2D eigenvalue weighted by Crippen LogP contribution is 2.30. The van der Waals surface area contributed by atoms with Crippen molar-refractivity contribution in [2.75, 3.05) is 0 Å². The Kier molecular flexibility index (Phi) is 3.71. The summed E-state index contributed by atoms with van der Waals surface area (Å²) in [4.78, 5) is 7.70. The molecule has 3 nitrogen and oxygen atoms in total. The van der Waals surface area contributed by atoms with E-state index >= 15 is 0 Å². The third kappa shape index (κ3) is 2.86. The number of aromatic nitrogens is 2. The van der Waals surface area contributed by atoms with Gasteiger partial charge in [-0.15, -0.1) is 0 Å². The number of imidazole rings is 1. The Hall–Kier alpha value is -3.14. The molecule has 118 valence electrons. The van der Waals surface area contributed by atoms with Gasteiger partial charge in [-0.1, -0.05) is 42.5 Å². The monoisotopic (exact) mass is 318 g/mol. The predicted octanol–water partition coefficient (Wildman–Crippen LogP) is 4.95. The van der Waals surface area contributed by atoms with Gasteiger partial charge in [-0.05, 0) is 35.9 Å². The summed E-state index contributed by atoms with van der Waals surface area (Å²) < 4.78 is 19.3. The highest BCUT2D eigenvalue weighted by atomic mass is 19.1. The van der Waals surface area contributed by atoms with Gasteiger partial charge in [0.05, 0.1) is 16.6 Å². The molecule has 0 bridgehead atoms. The molecule has 0 amide bonds. The lowest BCUT2D eigenvalue weighted by Gasteiger charge is -2.10. The van der Waals surface area contributed by atoms with Crippen molar-refractivity contribution in [1.82, 2.24) is 9.97 Å².